The Hall–Kier alpha value is -2.10. The molecule has 4 nitrogen and oxygen atoms in total. The molecule has 2 heterocycles. The van der Waals surface area contributed by atoms with Crippen LogP contribution in [-0.4, -0.2) is 36.3 Å². The summed E-state index contributed by atoms with van der Waals surface area (Å²) in [4.78, 5) is 25.4. The van der Waals surface area contributed by atoms with Crippen molar-refractivity contribution in [2.75, 3.05) is 19.6 Å². The van der Waals surface area contributed by atoms with E-state index in [9.17, 15) is 9.59 Å². The number of benzene rings is 1. The Morgan fingerprint density at radius 2 is 2.10 bits per heavy atom. The van der Waals surface area contributed by atoms with Gasteiger partial charge in [-0.2, -0.15) is 0 Å². The van der Waals surface area contributed by atoms with Gasteiger partial charge in [0.2, 0.25) is 11.8 Å². The number of carbonyl (C=O) groups excluding carboxylic acids is 2. The van der Waals surface area contributed by atoms with Gasteiger partial charge in [-0.3, -0.25) is 9.59 Å². The van der Waals surface area contributed by atoms with Crippen molar-refractivity contribution in [2.45, 2.75) is 12.8 Å². The van der Waals surface area contributed by atoms with E-state index in [1.165, 1.54) is 0 Å². The molecular weight excluding hydrogens is 252 g/mol. The predicted octanol–water partition coefficient (Wildman–Crippen LogP) is 1.44. The molecule has 1 aromatic rings. The zero-order valence-electron chi connectivity index (χ0n) is 11.3. The summed E-state index contributed by atoms with van der Waals surface area (Å²) in [6, 6.07) is 9.78. The largest absolute Gasteiger partial charge is 0.355 e. The molecule has 2 aliphatic rings. The maximum atomic E-state index is 12.2. The van der Waals surface area contributed by atoms with Crippen molar-refractivity contribution >= 4 is 17.9 Å². The molecule has 3 rings (SSSR count). The number of hydrogen-bond acceptors (Lipinski definition) is 2. The topological polar surface area (TPSA) is 49.4 Å². The predicted molar refractivity (Wildman–Crippen MR) is 76.7 cm³/mol. The molecule has 2 saturated heterocycles. The molecule has 0 saturated carbocycles. The number of hydrogen-bond donors (Lipinski definition) is 1. The minimum atomic E-state index is -0.0205. The summed E-state index contributed by atoms with van der Waals surface area (Å²) >= 11 is 0. The summed E-state index contributed by atoms with van der Waals surface area (Å²) in [6.07, 6.45) is 4.93. The normalized spacial score (nSPS) is 25.6. The van der Waals surface area contributed by atoms with Crippen molar-refractivity contribution < 1.29 is 9.59 Å². The minimum absolute atomic E-state index is 0.0205. The van der Waals surface area contributed by atoms with Crippen LogP contribution in [0.3, 0.4) is 0 Å². The van der Waals surface area contributed by atoms with Crippen molar-refractivity contribution in [3.63, 3.8) is 0 Å². The Balaban J connectivity index is 1.62. The number of likely N-dealkylation sites (tertiary alicyclic amines) is 1. The van der Waals surface area contributed by atoms with E-state index in [2.05, 4.69) is 5.32 Å². The van der Waals surface area contributed by atoms with E-state index in [1.807, 2.05) is 41.3 Å². The van der Waals surface area contributed by atoms with Crippen LogP contribution in [-0.2, 0) is 9.59 Å². The van der Waals surface area contributed by atoms with Gasteiger partial charge < -0.3 is 10.2 Å². The van der Waals surface area contributed by atoms with Crippen molar-refractivity contribution in [2.24, 2.45) is 5.41 Å². The lowest BCUT2D eigenvalue weighted by Gasteiger charge is -2.20. The summed E-state index contributed by atoms with van der Waals surface area (Å²) in [7, 11) is 0. The van der Waals surface area contributed by atoms with Crippen LogP contribution < -0.4 is 5.32 Å². The molecule has 0 radical (unpaired) electrons. The van der Waals surface area contributed by atoms with Crippen LogP contribution in [0.1, 0.15) is 18.4 Å². The van der Waals surface area contributed by atoms with Crippen molar-refractivity contribution in [1.29, 1.82) is 0 Å². The van der Waals surface area contributed by atoms with Crippen LogP contribution in [0.4, 0.5) is 0 Å². The maximum Gasteiger partial charge on any atom is 0.246 e. The highest BCUT2D eigenvalue weighted by Gasteiger charge is 2.44. The second kappa shape index (κ2) is 5.12. The highest BCUT2D eigenvalue weighted by molar-refractivity contribution is 5.92. The van der Waals surface area contributed by atoms with Gasteiger partial charge in [-0.05, 0) is 18.1 Å². The molecule has 104 valence electrons. The van der Waals surface area contributed by atoms with Crippen LogP contribution in [0, 0.1) is 5.41 Å². The van der Waals surface area contributed by atoms with Crippen LogP contribution >= 0.6 is 0 Å². The first kappa shape index (κ1) is 12.9. The summed E-state index contributed by atoms with van der Waals surface area (Å²) in [6.45, 7) is 2.13. The fourth-order valence-electron chi connectivity index (χ4n) is 3.00. The standard InChI is InChI=1S/C16H18N2O2/c19-14-10-16(11-17-14)8-9-18(12-16)15(20)7-6-13-4-2-1-3-5-13/h1-7H,8-12H2,(H,17,19)/b7-6+. The third kappa shape index (κ3) is 2.59. The van der Waals surface area contributed by atoms with Gasteiger partial charge >= 0.3 is 0 Å². The van der Waals surface area contributed by atoms with Gasteiger partial charge in [0.05, 0.1) is 0 Å². The Kier molecular flexibility index (Phi) is 3.30. The van der Waals surface area contributed by atoms with Crippen LogP contribution in [0.2, 0.25) is 0 Å². The summed E-state index contributed by atoms with van der Waals surface area (Å²) in [5.41, 5.74) is 1.00. The van der Waals surface area contributed by atoms with E-state index in [0.29, 0.717) is 19.5 Å². The monoisotopic (exact) mass is 270 g/mol. The first-order valence-electron chi connectivity index (χ1n) is 6.96. The maximum absolute atomic E-state index is 12.2. The molecule has 2 aliphatic heterocycles. The third-order valence-corrected chi connectivity index (χ3v) is 4.16. The zero-order valence-corrected chi connectivity index (χ0v) is 11.3. The van der Waals surface area contributed by atoms with Gasteiger partial charge in [0.1, 0.15) is 0 Å². The summed E-state index contributed by atoms with van der Waals surface area (Å²) in [5.74, 6) is 0.143. The molecule has 1 N–H and O–H groups in total. The SMILES string of the molecule is O=C1CC2(CCN(C(=O)/C=C/c3ccccc3)C2)CN1. The van der Waals surface area contributed by atoms with Crippen molar-refractivity contribution in [1.82, 2.24) is 10.2 Å². The molecular formula is C16H18N2O2. The minimum Gasteiger partial charge on any atom is -0.355 e. The van der Waals surface area contributed by atoms with Crippen LogP contribution in [0.5, 0.6) is 0 Å². The second-order valence-electron chi connectivity index (χ2n) is 5.71. The van der Waals surface area contributed by atoms with E-state index < -0.39 is 0 Å². The molecule has 4 heteroatoms. The highest BCUT2D eigenvalue weighted by Crippen LogP contribution is 2.36. The zero-order chi connectivity index (χ0) is 14.0. The first-order chi connectivity index (χ1) is 9.67. The smallest absolute Gasteiger partial charge is 0.246 e. The molecule has 0 bridgehead atoms. The number of nitrogens with zero attached hydrogens (tertiary/aromatic N) is 1. The number of carbonyl (C=O) groups is 2. The number of nitrogens with one attached hydrogen (secondary N) is 1. The molecule has 0 aromatic heterocycles. The molecule has 1 aromatic carbocycles. The molecule has 2 amide bonds. The van der Waals surface area contributed by atoms with Crippen LogP contribution in [0.25, 0.3) is 6.08 Å². The fourth-order valence-corrected chi connectivity index (χ4v) is 3.00. The van der Waals surface area contributed by atoms with E-state index in [-0.39, 0.29) is 17.2 Å². The first-order valence-corrected chi connectivity index (χ1v) is 6.96. The second-order valence-corrected chi connectivity index (χ2v) is 5.71. The lowest BCUT2D eigenvalue weighted by atomic mass is 9.86. The Morgan fingerprint density at radius 1 is 1.30 bits per heavy atom. The fraction of sp³-hybridized carbons (Fsp3) is 0.375. The molecule has 1 unspecified atom stereocenters. The van der Waals surface area contributed by atoms with Gasteiger partial charge in [-0.15, -0.1) is 0 Å². The average Bonchev–Trinajstić information content (AvgIpc) is 3.04. The third-order valence-electron chi connectivity index (χ3n) is 4.16. The van der Waals surface area contributed by atoms with Gasteiger partial charge in [0, 0.05) is 37.5 Å². The quantitative estimate of drug-likeness (QED) is 0.827. The Labute approximate surface area is 118 Å². The van der Waals surface area contributed by atoms with E-state index in [4.69, 9.17) is 0 Å². The Bertz CT molecular complexity index is 553. The molecule has 2 fully saturated rings. The van der Waals surface area contributed by atoms with E-state index in [1.54, 1.807) is 6.08 Å². The summed E-state index contributed by atoms with van der Waals surface area (Å²) < 4.78 is 0. The van der Waals surface area contributed by atoms with Crippen molar-refractivity contribution in [3.8, 4) is 0 Å². The van der Waals surface area contributed by atoms with Gasteiger partial charge in [-0.25, -0.2) is 0 Å². The lowest BCUT2D eigenvalue weighted by molar-refractivity contribution is -0.125. The number of amides is 2. The van der Waals surface area contributed by atoms with E-state index in [0.717, 1.165) is 18.5 Å². The Morgan fingerprint density at radius 3 is 2.80 bits per heavy atom. The molecule has 1 spiro atoms. The lowest BCUT2D eigenvalue weighted by Crippen LogP contribution is -2.32. The van der Waals surface area contributed by atoms with Crippen molar-refractivity contribution in [3.05, 3.63) is 42.0 Å². The van der Waals surface area contributed by atoms with Gasteiger partial charge in [0.25, 0.3) is 0 Å². The van der Waals surface area contributed by atoms with Crippen LogP contribution in [0.15, 0.2) is 36.4 Å². The molecule has 20 heavy (non-hydrogen) atoms. The average molecular weight is 270 g/mol. The highest BCUT2D eigenvalue weighted by atomic mass is 16.2. The molecule has 1 atom stereocenters. The summed E-state index contributed by atoms with van der Waals surface area (Å²) in [5, 5.41) is 2.87. The molecule has 0 aliphatic carbocycles. The van der Waals surface area contributed by atoms with Gasteiger partial charge in [0.15, 0.2) is 0 Å². The van der Waals surface area contributed by atoms with Gasteiger partial charge in [-0.1, -0.05) is 30.3 Å². The number of rotatable bonds is 2. The van der Waals surface area contributed by atoms with E-state index >= 15 is 0 Å².